The molecule has 2 atom stereocenters. The van der Waals surface area contributed by atoms with E-state index in [1.54, 1.807) is 0 Å². The van der Waals surface area contributed by atoms with Crippen molar-refractivity contribution in [2.24, 2.45) is 5.92 Å². The molecule has 20 heavy (non-hydrogen) atoms. The van der Waals surface area contributed by atoms with E-state index in [0.717, 1.165) is 25.3 Å². The maximum atomic E-state index is 12.8. The van der Waals surface area contributed by atoms with Gasteiger partial charge in [0.05, 0.1) is 0 Å². The summed E-state index contributed by atoms with van der Waals surface area (Å²) in [5, 5.41) is 7.02. The molecule has 1 aliphatic rings. The number of alkyl halides is 3. The van der Waals surface area contributed by atoms with Gasteiger partial charge in [-0.15, -0.1) is 0 Å². The third kappa shape index (κ3) is 2.41. The summed E-state index contributed by atoms with van der Waals surface area (Å²) in [7, 11) is 0. The minimum Gasteiger partial charge on any atom is -0.367 e. The van der Waals surface area contributed by atoms with Gasteiger partial charge in [-0.2, -0.15) is 27.8 Å². The van der Waals surface area contributed by atoms with E-state index >= 15 is 0 Å². The lowest BCUT2D eigenvalue weighted by Crippen LogP contribution is -2.15. The fraction of sp³-hybridized carbons (Fsp3) is 0.583. The molecule has 1 fully saturated rings. The third-order valence-electron chi connectivity index (χ3n) is 3.46. The van der Waals surface area contributed by atoms with Gasteiger partial charge in [0, 0.05) is 12.1 Å². The first-order valence-corrected chi connectivity index (χ1v) is 6.53. The quantitative estimate of drug-likeness (QED) is 0.938. The van der Waals surface area contributed by atoms with Crippen molar-refractivity contribution in [1.82, 2.24) is 19.6 Å². The van der Waals surface area contributed by atoms with Gasteiger partial charge in [0.2, 0.25) is 0 Å². The maximum Gasteiger partial charge on any atom is 0.433 e. The van der Waals surface area contributed by atoms with Crippen molar-refractivity contribution in [2.45, 2.75) is 38.4 Å². The number of nitrogens with one attached hydrogen (secondary N) is 1. The van der Waals surface area contributed by atoms with Gasteiger partial charge >= 0.3 is 6.18 Å². The van der Waals surface area contributed by atoms with E-state index in [4.69, 9.17) is 0 Å². The highest BCUT2D eigenvalue weighted by Crippen LogP contribution is 2.38. The van der Waals surface area contributed by atoms with Gasteiger partial charge in [0.1, 0.15) is 12.1 Å². The second-order valence-electron chi connectivity index (χ2n) is 5.03. The molecule has 0 aliphatic heterocycles. The van der Waals surface area contributed by atoms with Crippen LogP contribution in [-0.4, -0.2) is 25.6 Å². The van der Waals surface area contributed by atoms with Crippen molar-refractivity contribution < 1.29 is 13.2 Å². The third-order valence-corrected chi connectivity index (χ3v) is 3.46. The average molecular weight is 285 g/mol. The van der Waals surface area contributed by atoms with Crippen LogP contribution in [0.2, 0.25) is 0 Å². The molecule has 0 spiro atoms. The molecule has 0 radical (unpaired) electrons. The van der Waals surface area contributed by atoms with Crippen LogP contribution in [0.1, 0.15) is 31.9 Å². The van der Waals surface area contributed by atoms with Gasteiger partial charge in [0.25, 0.3) is 5.78 Å². The van der Waals surface area contributed by atoms with Gasteiger partial charge in [-0.3, -0.25) is 0 Å². The second-order valence-corrected chi connectivity index (χ2v) is 5.03. The number of nitrogens with zero attached hydrogens (tertiary/aromatic N) is 4. The van der Waals surface area contributed by atoms with Crippen LogP contribution in [0.4, 0.5) is 19.0 Å². The lowest BCUT2D eigenvalue weighted by Gasteiger charge is -2.11. The van der Waals surface area contributed by atoms with E-state index in [-0.39, 0.29) is 11.8 Å². The van der Waals surface area contributed by atoms with Crippen LogP contribution in [0, 0.1) is 5.92 Å². The summed E-state index contributed by atoms with van der Waals surface area (Å²) in [6.07, 6.45) is -0.157. The minimum atomic E-state index is -4.49. The molecule has 1 aliphatic carbocycles. The Kier molecular flexibility index (Phi) is 3.02. The molecule has 2 aromatic rings. The largest absolute Gasteiger partial charge is 0.433 e. The van der Waals surface area contributed by atoms with Crippen LogP contribution in [0.25, 0.3) is 5.78 Å². The molecule has 0 aromatic carbocycles. The van der Waals surface area contributed by atoms with Crippen molar-refractivity contribution in [2.75, 3.05) is 5.32 Å². The molecule has 2 heterocycles. The molecular formula is C12H14F3N5. The van der Waals surface area contributed by atoms with Gasteiger partial charge in [-0.05, 0) is 18.8 Å². The topological polar surface area (TPSA) is 55.1 Å². The first-order valence-electron chi connectivity index (χ1n) is 6.53. The SMILES string of the molecule is CCCC1CC1Nc1cc(C(F)(F)F)nc2ncnn12. The van der Waals surface area contributed by atoms with Crippen molar-refractivity contribution in [3.05, 3.63) is 18.1 Å². The molecule has 0 bridgehead atoms. The van der Waals surface area contributed by atoms with Crippen LogP contribution in [0.3, 0.4) is 0 Å². The lowest BCUT2D eigenvalue weighted by atomic mass is 10.2. The van der Waals surface area contributed by atoms with E-state index in [9.17, 15) is 13.2 Å². The molecule has 1 N–H and O–H groups in total. The number of rotatable bonds is 4. The number of hydrogen-bond acceptors (Lipinski definition) is 4. The summed E-state index contributed by atoms with van der Waals surface area (Å²) in [6.45, 7) is 2.10. The monoisotopic (exact) mass is 285 g/mol. The Balaban J connectivity index is 1.91. The van der Waals surface area contributed by atoms with Crippen LogP contribution >= 0.6 is 0 Å². The Morgan fingerprint density at radius 1 is 1.45 bits per heavy atom. The summed E-state index contributed by atoms with van der Waals surface area (Å²) in [5.74, 6) is 0.777. The molecule has 5 nitrogen and oxygen atoms in total. The molecule has 2 unspecified atom stereocenters. The first-order chi connectivity index (χ1) is 9.49. The van der Waals surface area contributed by atoms with E-state index < -0.39 is 11.9 Å². The number of halogens is 3. The van der Waals surface area contributed by atoms with Crippen LogP contribution < -0.4 is 5.32 Å². The van der Waals surface area contributed by atoms with Crippen LogP contribution in [-0.2, 0) is 6.18 Å². The fourth-order valence-corrected chi connectivity index (χ4v) is 2.36. The zero-order chi connectivity index (χ0) is 14.3. The average Bonchev–Trinajstić information content (AvgIpc) is 2.91. The number of hydrogen-bond donors (Lipinski definition) is 1. The van der Waals surface area contributed by atoms with E-state index in [1.807, 2.05) is 0 Å². The number of aromatic nitrogens is 4. The van der Waals surface area contributed by atoms with Gasteiger partial charge < -0.3 is 5.32 Å². The van der Waals surface area contributed by atoms with Gasteiger partial charge in [-0.25, -0.2) is 4.98 Å². The highest BCUT2D eigenvalue weighted by molar-refractivity contribution is 5.47. The Bertz CT molecular complexity index is 621. The predicted octanol–water partition coefficient (Wildman–Crippen LogP) is 2.74. The van der Waals surface area contributed by atoms with Gasteiger partial charge in [0.15, 0.2) is 5.69 Å². The predicted molar refractivity (Wildman–Crippen MR) is 66.2 cm³/mol. The second kappa shape index (κ2) is 4.60. The smallest absolute Gasteiger partial charge is 0.367 e. The number of anilines is 1. The molecule has 0 amide bonds. The normalized spacial score (nSPS) is 22.2. The highest BCUT2D eigenvalue weighted by atomic mass is 19.4. The van der Waals surface area contributed by atoms with E-state index in [0.29, 0.717) is 11.7 Å². The van der Waals surface area contributed by atoms with E-state index in [1.165, 1.54) is 10.8 Å². The Morgan fingerprint density at radius 2 is 2.25 bits per heavy atom. The summed E-state index contributed by atoms with van der Waals surface area (Å²) in [5.41, 5.74) is -0.951. The minimum absolute atomic E-state index is 0.0463. The first kappa shape index (κ1) is 13.1. The zero-order valence-corrected chi connectivity index (χ0v) is 10.9. The van der Waals surface area contributed by atoms with Crippen molar-refractivity contribution >= 4 is 11.6 Å². The molecule has 2 aromatic heterocycles. The van der Waals surface area contributed by atoms with E-state index in [2.05, 4.69) is 27.3 Å². The molecule has 3 rings (SSSR count). The molecule has 1 saturated carbocycles. The number of fused-ring (bicyclic) bond motifs is 1. The standard InChI is InChI=1S/C12H14F3N5/c1-2-3-7-4-8(7)18-10-5-9(12(13,14)15)19-11-16-6-17-20(10)11/h5-8,18H,2-4H2,1H3. The summed E-state index contributed by atoms with van der Waals surface area (Å²) >= 11 is 0. The summed E-state index contributed by atoms with van der Waals surface area (Å²) in [4.78, 5) is 7.21. The van der Waals surface area contributed by atoms with Crippen molar-refractivity contribution in [3.63, 3.8) is 0 Å². The van der Waals surface area contributed by atoms with Crippen molar-refractivity contribution in [1.29, 1.82) is 0 Å². The summed E-state index contributed by atoms with van der Waals surface area (Å²) in [6, 6.07) is 1.20. The Labute approximate surface area is 113 Å². The van der Waals surface area contributed by atoms with Crippen LogP contribution in [0.15, 0.2) is 12.4 Å². The maximum absolute atomic E-state index is 12.8. The molecule has 0 saturated heterocycles. The zero-order valence-electron chi connectivity index (χ0n) is 10.9. The van der Waals surface area contributed by atoms with Crippen molar-refractivity contribution in [3.8, 4) is 0 Å². The highest BCUT2D eigenvalue weighted by Gasteiger charge is 2.38. The Morgan fingerprint density at radius 3 is 2.95 bits per heavy atom. The lowest BCUT2D eigenvalue weighted by molar-refractivity contribution is -0.141. The van der Waals surface area contributed by atoms with Gasteiger partial charge in [-0.1, -0.05) is 13.3 Å². The molecule has 8 heteroatoms. The molecular weight excluding hydrogens is 271 g/mol. The molecule has 108 valence electrons. The summed E-state index contributed by atoms with van der Waals surface area (Å²) < 4.78 is 39.7. The van der Waals surface area contributed by atoms with Crippen LogP contribution in [0.5, 0.6) is 0 Å². The Hall–Kier alpha value is -1.86. The fourth-order valence-electron chi connectivity index (χ4n) is 2.36.